The first-order valence-electron chi connectivity index (χ1n) is 36.2. The van der Waals surface area contributed by atoms with Gasteiger partial charge in [0.25, 0.3) is 0 Å². The Balaban J connectivity index is 0.000000171. The van der Waals surface area contributed by atoms with Crippen LogP contribution in [0.2, 0.25) is 0 Å². The molecule has 1 amide bonds. The van der Waals surface area contributed by atoms with Gasteiger partial charge in [-0.15, -0.1) is 0 Å². The maximum Gasteiger partial charge on any atom is 0.322 e. The first-order chi connectivity index (χ1) is 52.9. The Morgan fingerprint density at radius 1 is 0.398 bits per heavy atom. The Labute approximate surface area is 655 Å². The van der Waals surface area contributed by atoms with Crippen molar-refractivity contribution >= 4 is 94.1 Å². The number of nitrogens with two attached hydrogens (primary N) is 1. The minimum absolute atomic E-state index is 0. The van der Waals surface area contributed by atoms with E-state index < -0.39 is 30.1 Å². The number of nitrogens with one attached hydrogen (secondary N) is 7. The van der Waals surface area contributed by atoms with Gasteiger partial charge in [0.05, 0.1) is 28.8 Å². The van der Waals surface area contributed by atoms with Crippen LogP contribution >= 0.6 is 0 Å². The average Bonchev–Trinajstić information content (AvgIpc) is 1.67. The molecule has 0 spiro atoms. The third-order valence-corrected chi connectivity index (χ3v) is 20.2. The number of nitrogens with zero attached hydrogens (tertiary/aromatic N) is 13. The van der Waals surface area contributed by atoms with Crippen molar-refractivity contribution in [3.63, 3.8) is 0 Å². The number of likely N-dealkylation sites (N-methyl/N-ethyl adjacent to an activating group) is 1. The normalized spacial score (nSPS) is 19.2. The van der Waals surface area contributed by atoms with Gasteiger partial charge >= 0.3 is 11.9 Å². The lowest BCUT2D eigenvalue weighted by Gasteiger charge is -2.37. The molecule has 0 radical (unpaired) electrons. The highest BCUT2D eigenvalue weighted by Gasteiger charge is 2.36. The van der Waals surface area contributed by atoms with Crippen molar-refractivity contribution in [3.8, 4) is 45.0 Å². The van der Waals surface area contributed by atoms with E-state index in [1.807, 2.05) is 52.3 Å². The van der Waals surface area contributed by atoms with Crippen molar-refractivity contribution in [1.29, 1.82) is 0 Å². The molecule has 0 aliphatic carbocycles. The van der Waals surface area contributed by atoms with E-state index in [-0.39, 0.29) is 70.7 Å². The highest BCUT2D eigenvalue weighted by molar-refractivity contribution is 5.98. The van der Waals surface area contributed by atoms with Crippen LogP contribution in [0.4, 0.5) is 40.8 Å². The molecule has 31 heteroatoms. The lowest BCUT2D eigenvalue weighted by molar-refractivity contribution is -0.143. The number of halogens is 4. The van der Waals surface area contributed by atoms with Gasteiger partial charge in [-0.1, -0.05) is 29.7 Å². The van der Waals surface area contributed by atoms with Gasteiger partial charge < -0.3 is 51.5 Å². The third-order valence-electron chi connectivity index (χ3n) is 20.2. The summed E-state index contributed by atoms with van der Waals surface area (Å²) in [6.45, 7) is 11.6. The molecule has 4 aromatic carbocycles. The predicted octanol–water partition coefficient (Wildman–Crippen LogP) is 10.5. The Hall–Kier alpha value is -11.8. The van der Waals surface area contributed by atoms with Crippen LogP contribution in [0.25, 0.3) is 67.3 Å². The summed E-state index contributed by atoms with van der Waals surface area (Å²) in [4.78, 5) is 73.6. The summed E-state index contributed by atoms with van der Waals surface area (Å²) in [5.41, 5.74) is 20.5. The number of piperazine rings is 4. The number of aliphatic carboxylic acids is 2. The van der Waals surface area contributed by atoms with E-state index in [0.717, 1.165) is 158 Å². The summed E-state index contributed by atoms with van der Waals surface area (Å²) < 4.78 is 53.5. The number of dihydropyridines is 4. The van der Waals surface area contributed by atoms with Crippen molar-refractivity contribution in [2.75, 3.05) is 131 Å². The number of primary amides is 1. The van der Waals surface area contributed by atoms with Crippen molar-refractivity contribution in [1.82, 2.24) is 61.6 Å². The smallest absolute Gasteiger partial charge is 0.322 e. The molecule has 12 heterocycles. The molecule has 4 aromatic heterocycles. The fraction of sp³-hybridized carbons (Fsp3) is 0.366. The molecule has 4 atom stereocenters. The number of allylic oxidation sites excluding steroid dienone is 4. The Morgan fingerprint density at radius 2 is 0.681 bits per heavy atom. The van der Waals surface area contributed by atoms with Gasteiger partial charge in [-0.05, 0) is 183 Å². The van der Waals surface area contributed by atoms with Gasteiger partial charge in [0.2, 0.25) is 5.91 Å². The highest BCUT2D eigenvalue weighted by Crippen LogP contribution is 2.42. The van der Waals surface area contributed by atoms with Crippen molar-refractivity contribution in [3.05, 3.63) is 167 Å². The van der Waals surface area contributed by atoms with E-state index in [4.69, 9.17) is 5.73 Å². The number of aromatic amines is 4. The first kappa shape index (κ1) is 85.2. The molecule has 27 nitrogen and oxygen atoms in total. The van der Waals surface area contributed by atoms with E-state index in [1.165, 1.54) is 48.5 Å². The summed E-state index contributed by atoms with van der Waals surface area (Å²) in [5.74, 6) is -0.0272. The van der Waals surface area contributed by atoms with E-state index in [9.17, 15) is 47.0 Å². The van der Waals surface area contributed by atoms with Gasteiger partial charge in [-0.25, -0.2) is 17.6 Å². The lowest BCUT2D eigenvalue weighted by atomic mass is 9.96. The van der Waals surface area contributed by atoms with Crippen LogP contribution in [0.1, 0.15) is 84.6 Å². The summed E-state index contributed by atoms with van der Waals surface area (Å²) in [5, 5.41) is 58.9. The molecule has 8 aliphatic rings. The fourth-order valence-corrected chi connectivity index (χ4v) is 14.3. The van der Waals surface area contributed by atoms with Gasteiger partial charge in [-0.2, -0.15) is 20.4 Å². The first-order valence-corrected chi connectivity index (χ1v) is 36.2. The zero-order chi connectivity index (χ0) is 76.1. The fourth-order valence-electron chi connectivity index (χ4n) is 14.3. The minimum atomic E-state index is -0.875. The number of hydrogen-bond donors (Lipinski definition) is 10. The molecule has 4 unspecified atom stereocenters. The maximum absolute atomic E-state index is 13.4. The van der Waals surface area contributed by atoms with Gasteiger partial charge in [0, 0.05) is 174 Å². The van der Waals surface area contributed by atoms with Gasteiger partial charge in [0.15, 0.2) is 23.3 Å². The zero-order valence-corrected chi connectivity index (χ0v) is 60.2. The van der Waals surface area contributed by atoms with Crippen molar-refractivity contribution in [2.45, 2.75) is 86.5 Å². The second kappa shape index (κ2) is 39.4. The number of amides is 1. The summed E-state index contributed by atoms with van der Waals surface area (Å²) in [7, 11) is 1.83. The summed E-state index contributed by atoms with van der Waals surface area (Å²) in [6, 6.07) is 23.5. The Morgan fingerprint density at radius 3 is 0.956 bits per heavy atom. The number of H-pyrrole nitrogens is 4. The maximum atomic E-state index is 13.4. The number of ketones is 1. The SMILES string of the molecule is C.C.C.C.CC(=O)C1CN(c2n[nH]c(-c3ccc(F)cc3)c2C2=CC=NCC2)CCN1.CN1CCN(c2n[nH]c(-c3ccc(F)cc3)c2C2=CC=NCC2)CC1C(=O)O.NC(=O)C1CN(c2n[nH]c(-c3ccc(F)cc3)c2C2=CC=NCC2)CCN1.O=C(O)C1CN(c2n[nH]c(-c3ccc(F)cc3)c2C2=CC=NCC2)CCN1. The number of aromatic nitrogens is 8. The van der Waals surface area contributed by atoms with E-state index in [1.54, 1.807) is 74.1 Å². The molecule has 11 N–H and O–H groups in total. The molecule has 0 bridgehead atoms. The number of carboxylic acid groups (broad SMARTS) is 2. The number of carbonyl (C=O) groups excluding carboxylic acids is 2. The molecule has 598 valence electrons. The average molecular weight is 1550 g/mol. The van der Waals surface area contributed by atoms with Crippen molar-refractivity contribution < 1.29 is 47.0 Å². The van der Waals surface area contributed by atoms with Crippen LogP contribution in [0.3, 0.4) is 0 Å². The number of rotatable bonds is 16. The molecular weight excluding hydrogens is 1450 g/mol. The lowest BCUT2D eigenvalue weighted by Crippen LogP contribution is -2.56. The van der Waals surface area contributed by atoms with Crippen molar-refractivity contribution in [2.24, 2.45) is 25.7 Å². The van der Waals surface area contributed by atoms with Crippen LogP contribution in [0.15, 0.2) is 141 Å². The summed E-state index contributed by atoms with van der Waals surface area (Å²) in [6.07, 6.45) is 18.3. The number of Topliss-reactive ketones (excluding diaryl/α,β-unsaturated/α-hetero) is 1. The van der Waals surface area contributed by atoms with Gasteiger partial charge in [0.1, 0.15) is 47.2 Å². The molecule has 8 aromatic rings. The van der Waals surface area contributed by atoms with E-state index in [0.29, 0.717) is 85.1 Å². The van der Waals surface area contributed by atoms with Crippen LogP contribution < -0.4 is 41.3 Å². The monoisotopic (exact) mass is 1550 g/mol. The minimum Gasteiger partial charge on any atom is -0.480 e. The molecule has 4 fully saturated rings. The van der Waals surface area contributed by atoms with E-state index in [2.05, 4.69) is 86.5 Å². The highest BCUT2D eigenvalue weighted by atomic mass is 19.1. The number of benzene rings is 4. The zero-order valence-electron chi connectivity index (χ0n) is 60.2. The Kier molecular flexibility index (Phi) is 29.7. The quantitative estimate of drug-likeness (QED) is 0.0402. The molecule has 16 rings (SSSR count). The molecule has 8 aliphatic heterocycles. The third kappa shape index (κ3) is 20.1. The topological polar surface area (TPSA) is 351 Å². The second-order valence-electron chi connectivity index (χ2n) is 27.2. The molecule has 113 heavy (non-hydrogen) atoms. The standard InChI is InChI=1S/C20H22FN5O2.C20H22FN5O.C19H21FN6O.C19H20FN5O2.4CH4/c1-25-10-11-26(12-16(25)20(27)28)19-17(13-6-8-22-9-7-13)18(23-24-19)14-2-4-15(21)5-3-14;1-13(27)17-12-26(11-10-23-17)20-18(14-6-8-22-9-7-14)19(24-25-20)15-2-4-16(21)5-3-15;20-14-3-1-13(2-4-14)17-16(12-5-7-22-8-6-12)19(25-24-17)26-10-9-23-15(11-26)18(21)27;20-14-3-1-13(2-4-14)17-16(12-5-7-21-8-6-12)18(24-23-17)25-10-9-22-15(11-25)19(26)27;;;;/h2-6,8,16H,7,9-12H2,1H3,(H,23,24)(H,27,28);2-6,8,17,23H,7,9-12H2,1H3,(H,24,25);1-5,7,15,23H,6,8-11H2,(H2,21,27)(H,24,25);1-5,7,15,22H,6,8-11H2,(H,23,24)(H,26,27);4*1H4. The van der Waals surface area contributed by atoms with Gasteiger partial charge in [-0.3, -0.25) is 64.4 Å². The molecule has 4 saturated heterocycles. The molecular formula is C82H101F4N21O6. The number of carboxylic acids is 2. The summed E-state index contributed by atoms with van der Waals surface area (Å²) >= 11 is 0. The van der Waals surface area contributed by atoms with Crippen LogP contribution in [-0.2, 0) is 19.2 Å². The Bertz CT molecular complexity index is 4490. The molecule has 0 saturated carbocycles. The van der Waals surface area contributed by atoms with Crippen LogP contribution in [0, 0.1) is 23.3 Å². The number of aliphatic imine (C=N–C) groups is 4. The van der Waals surface area contributed by atoms with E-state index >= 15 is 0 Å². The largest absolute Gasteiger partial charge is 0.480 e. The van der Waals surface area contributed by atoms with Crippen LogP contribution in [-0.4, -0.2) is 240 Å². The van der Waals surface area contributed by atoms with Crippen LogP contribution in [0.5, 0.6) is 0 Å². The number of hydrogen-bond acceptors (Lipinski definition) is 20. The second-order valence-corrected chi connectivity index (χ2v) is 27.2. The number of anilines is 4. The number of carbonyl (C=O) groups is 4. The predicted molar refractivity (Wildman–Crippen MR) is 442 cm³/mol.